The van der Waals surface area contributed by atoms with Crippen molar-refractivity contribution in [1.82, 2.24) is 0 Å². The van der Waals surface area contributed by atoms with Crippen LogP contribution in [0.25, 0.3) is 0 Å². The summed E-state index contributed by atoms with van der Waals surface area (Å²) < 4.78 is 16.9. The summed E-state index contributed by atoms with van der Waals surface area (Å²) in [7, 11) is 0. The van der Waals surface area contributed by atoms with Crippen LogP contribution in [-0.2, 0) is 28.6 Å². The number of hydrogen-bond donors (Lipinski definition) is 0. The summed E-state index contributed by atoms with van der Waals surface area (Å²) in [5, 5.41) is 0. The SMILES string of the molecule is CC/C=C\C/C=C\C/C=C\C/C=C\C/C=C\C/C=C\C/C=C\CCCCCC(=O)OCC(COC(=O)CCCCCCC/C=C\CCCCCCC)OC(=O)CCCCCCCCC/C=C\CCCCCCCCC. The van der Waals surface area contributed by atoms with Gasteiger partial charge in [0.05, 0.1) is 0 Å². The lowest BCUT2D eigenvalue weighted by Gasteiger charge is -2.18. The third-order valence-corrected chi connectivity index (χ3v) is 13.2. The number of esters is 3. The Morgan fingerprint density at radius 3 is 0.840 bits per heavy atom. The van der Waals surface area contributed by atoms with Crippen LogP contribution in [0.2, 0.25) is 0 Å². The minimum Gasteiger partial charge on any atom is -0.462 e. The molecule has 0 aliphatic carbocycles. The molecule has 0 aromatic carbocycles. The number of ether oxygens (including phenoxy) is 3. The van der Waals surface area contributed by atoms with E-state index in [1.165, 1.54) is 135 Å². The van der Waals surface area contributed by atoms with Crippen molar-refractivity contribution in [3.63, 3.8) is 0 Å². The van der Waals surface area contributed by atoms with Gasteiger partial charge in [0, 0.05) is 19.3 Å². The second-order valence-corrected chi connectivity index (χ2v) is 20.6. The molecule has 0 heterocycles. The smallest absolute Gasteiger partial charge is 0.306 e. The number of rotatable bonds is 56. The monoisotopic (exact) mass is 1040 g/mol. The van der Waals surface area contributed by atoms with Crippen molar-refractivity contribution in [2.75, 3.05) is 13.2 Å². The van der Waals surface area contributed by atoms with E-state index in [0.29, 0.717) is 19.3 Å². The lowest BCUT2D eigenvalue weighted by atomic mass is 10.1. The fourth-order valence-corrected chi connectivity index (χ4v) is 8.53. The minimum absolute atomic E-state index is 0.0952. The van der Waals surface area contributed by atoms with E-state index < -0.39 is 6.10 Å². The molecule has 1 unspecified atom stereocenters. The average Bonchev–Trinajstić information content (AvgIpc) is 3.41. The van der Waals surface area contributed by atoms with Gasteiger partial charge in [-0.05, 0) is 128 Å². The quantitative estimate of drug-likeness (QED) is 0.0261. The fourth-order valence-electron chi connectivity index (χ4n) is 8.53. The molecule has 0 N–H and O–H groups in total. The Morgan fingerprint density at radius 1 is 0.280 bits per heavy atom. The van der Waals surface area contributed by atoms with Gasteiger partial charge in [-0.15, -0.1) is 0 Å². The second-order valence-electron chi connectivity index (χ2n) is 20.6. The van der Waals surface area contributed by atoms with E-state index in [4.69, 9.17) is 14.2 Å². The van der Waals surface area contributed by atoms with Gasteiger partial charge in [0.25, 0.3) is 0 Å². The molecule has 0 aromatic rings. The number of carbonyl (C=O) groups excluding carboxylic acids is 3. The normalized spacial score (nSPS) is 12.8. The summed E-state index contributed by atoms with van der Waals surface area (Å²) >= 11 is 0. The molecule has 0 fully saturated rings. The van der Waals surface area contributed by atoms with Crippen molar-refractivity contribution in [1.29, 1.82) is 0 Å². The molecule has 0 aromatic heterocycles. The van der Waals surface area contributed by atoms with E-state index in [0.717, 1.165) is 116 Å². The van der Waals surface area contributed by atoms with E-state index in [2.05, 4.69) is 130 Å². The molecule has 0 saturated heterocycles. The number of unbranched alkanes of at least 4 members (excludes halogenated alkanes) is 27. The Kier molecular flexibility index (Phi) is 59.3. The first-order chi connectivity index (χ1) is 37.0. The van der Waals surface area contributed by atoms with Crippen molar-refractivity contribution >= 4 is 17.9 Å². The maximum Gasteiger partial charge on any atom is 0.306 e. The van der Waals surface area contributed by atoms with Gasteiger partial charge in [-0.1, -0.05) is 252 Å². The standard InChI is InChI=1S/C69H116O6/c1-4-7-10-13-16-19-22-25-28-30-32-33-34-35-36-37-38-40-41-44-47-50-53-56-59-62-68(71)74-65-66(64-73-67(70)61-58-55-52-49-46-43-27-24-21-18-15-12-9-6-3)75-69(72)63-60-57-54-51-48-45-42-39-31-29-26-23-20-17-14-11-8-5-2/h7,10,16,19,24-25,27-29,31-33,35-36,38,40,44,47,66H,4-6,8-9,11-15,17-18,20-23,26,30,34,37,39,41-43,45-46,48-65H2,1-3H3/b10-7-,19-16-,27-24-,28-25-,31-29-,33-32-,36-35-,40-38-,47-44-. The summed E-state index contributed by atoms with van der Waals surface area (Å²) in [5.74, 6) is -0.936. The van der Waals surface area contributed by atoms with Crippen LogP contribution in [0.3, 0.4) is 0 Å². The van der Waals surface area contributed by atoms with Gasteiger partial charge >= 0.3 is 17.9 Å². The molecule has 0 spiro atoms. The number of hydrogen-bond acceptors (Lipinski definition) is 6. The Balaban J connectivity index is 4.44. The van der Waals surface area contributed by atoms with Crippen LogP contribution in [0.15, 0.2) is 109 Å². The summed E-state index contributed by atoms with van der Waals surface area (Å²) in [6, 6.07) is 0. The van der Waals surface area contributed by atoms with Crippen LogP contribution in [0.4, 0.5) is 0 Å². The van der Waals surface area contributed by atoms with Gasteiger partial charge < -0.3 is 14.2 Å². The molecule has 0 saturated carbocycles. The van der Waals surface area contributed by atoms with Crippen molar-refractivity contribution in [2.24, 2.45) is 0 Å². The highest BCUT2D eigenvalue weighted by atomic mass is 16.6. The highest BCUT2D eigenvalue weighted by Crippen LogP contribution is 2.15. The lowest BCUT2D eigenvalue weighted by molar-refractivity contribution is -0.167. The maximum atomic E-state index is 12.9. The Bertz CT molecular complexity index is 1520. The molecule has 1 atom stereocenters. The zero-order chi connectivity index (χ0) is 54.3. The predicted molar refractivity (Wildman–Crippen MR) is 325 cm³/mol. The van der Waals surface area contributed by atoms with Crippen LogP contribution in [0, 0.1) is 0 Å². The zero-order valence-corrected chi connectivity index (χ0v) is 49.0. The molecular formula is C69H116O6. The highest BCUT2D eigenvalue weighted by Gasteiger charge is 2.19. The molecule has 0 aliphatic heterocycles. The third kappa shape index (κ3) is 60.8. The summed E-state index contributed by atoms with van der Waals surface area (Å²) in [6.07, 6.45) is 85.1. The maximum absolute atomic E-state index is 12.9. The highest BCUT2D eigenvalue weighted by molar-refractivity contribution is 5.71. The first-order valence-electron chi connectivity index (χ1n) is 31.4. The van der Waals surface area contributed by atoms with E-state index in [9.17, 15) is 14.4 Å². The zero-order valence-electron chi connectivity index (χ0n) is 49.0. The Labute approximate surface area is 463 Å². The van der Waals surface area contributed by atoms with Gasteiger partial charge in [-0.25, -0.2) is 0 Å². The Hall–Kier alpha value is -3.93. The van der Waals surface area contributed by atoms with E-state index in [1.807, 2.05) is 0 Å². The van der Waals surface area contributed by atoms with Crippen molar-refractivity contribution in [3.8, 4) is 0 Å². The van der Waals surface area contributed by atoms with Crippen molar-refractivity contribution in [2.45, 2.75) is 297 Å². The first kappa shape index (κ1) is 71.1. The van der Waals surface area contributed by atoms with E-state index in [-0.39, 0.29) is 31.1 Å². The first-order valence-corrected chi connectivity index (χ1v) is 31.4. The average molecular weight is 1040 g/mol. The van der Waals surface area contributed by atoms with E-state index >= 15 is 0 Å². The third-order valence-electron chi connectivity index (χ3n) is 13.2. The molecule has 6 nitrogen and oxygen atoms in total. The molecule has 0 aliphatic rings. The van der Waals surface area contributed by atoms with Crippen LogP contribution in [-0.4, -0.2) is 37.2 Å². The topological polar surface area (TPSA) is 78.9 Å². The summed E-state index contributed by atoms with van der Waals surface area (Å²) in [4.78, 5) is 38.3. The van der Waals surface area contributed by atoms with Crippen molar-refractivity contribution < 1.29 is 28.6 Å². The number of allylic oxidation sites excluding steroid dienone is 18. The molecule has 6 heteroatoms. The number of carbonyl (C=O) groups is 3. The van der Waals surface area contributed by atoms with Gasteiger partial charge in [0.15, 0.2) is 6.10 Å². The van der Waals surface area contributed by atoms with Gasteiger partial charge in [-0.2, -0.15) is 0 Å². The Morgan fingerprint density at radius 2 is 0.520 bits per heavy atom. The molecule has 0 rings (SSSR count). The molecule has 0 bridgehead atoms. The molecule has 0 radical (unpaired) electrons. The van der Waals surface area contributed by atoms with E-state index in [1.54, 1.807) is 0 Å². The lowest BCUT2D eigenvalue weighted by Crippen LogP contribution is -2.30. The molecular weight excluding hydrogens is 925 g/mol. The van der Waals surface area contributed by atoms with Crippen LogP contribution in [0.1, 0.15) is 290 Å². The largest absolute Gasteiger partial charge is 0.462 e. The van der Waals surface area contributed by atoms with Crippen LogP contribution in [0.5, 0.6) is 0 Å². The van der Waals surface area contributed by atoms with Crippen LogP contribution < -0.4 is 0 Å². The molecule has 75 heavy (non-hydrogen) atoms. The summed E-state index contributed by atoms with van der Waals surface area (Å²) in [5.41, 5.74) is 0. The van der Waals surface area contributed by atoms with Crippen molar-refractivity contribution in [3.05, 3.63) is 109 Å². The van der Waals surface area contributed by atoms with Gasteiger partial charge in [-0.3, -0.25) is 14.4 Å². The summed E-state index contributed by atoms with van der Waals surface area (Å²) in [6.45, 7) is 6.49. The second kappa shape index (κ2) is 62.6. The van der Waals surface area contributed by atoms with Gasteiger partial charge in [0.2, 0.25) is 0 Å². The predicted octanol–water partition coefficient (Wildman–Crippen LogP) is 21.4. The molecule has 0 amide bonds. The fraction of sp³-hybridized carbons (Fsp3) is 0.696. The van der Waals surface area contributed by atoms with Crippen LogP contribution >= 0.6 is 0 Å². The minimum atomic E-state index is -0.800. The van der Waals surface area contributed by atoms with Gasteiger partial charge in [0.1, 0.15) is 13.2 Å². The molecule has 428 valence electrons.